The van der Waals surface area contributed by atoms with Gasteiger partial charge in [0.1, 0.15) is 12.3 Å². The molecule has 2 heterocycles. The molecule has 2 aromatic heterocycles. The van der Waals surface area contributed by atoms with Gasteiger partial charge in [-0.3, -0.25) is 4.79 Å². The molecule has 0 radical (unpaired) electrons. The summed E-state index contributed by atoms with van der Waals surface area (Å²) in [6.07, 6.45) is 0. The number of nitrogens with two attached hydrogens (primary N) is 1. The Morgan fingerprint density at radius 1 is 1.17 bits per heavy atom. The zero-order chi connectivity index (χ0) is 17.1. The molecule has 0 aliphatic rings. The SMILES string of the molecule is Nc1nnc(Cn2nc(-c3ccc(OC(F)F)cc3)ccc2=O)o1. The quantitative estimate of drug-likeness (QED) is 0.753. The number of rotatable bonds is 5. The molecule has 0 aliphatic carbocycles. The third kappa shape index (κ3) is 3.54. The molecule has 0 aliphatic heterocycles. The van der Waals surface area contributed by atoms with Crippen LogP contribution in [0.5, 0.6) is 5.75 Å². The second-order valence-electron chi connectivity index (χ2n) is 4.65. The lowest BCUT2D eigenvalue weighted by molar-refractivity contribution is -0.0498. The first-order chi connectivity index (χ1) is 11.5. The van der Waals surface area contributed by atoms with Crippen molar-refractivity contribution in [2.24, 2.45) is 0 Å². The van der Waals surface area contributed by atoms with Crippen LogP contribution < -0.4 is 16.0 Å². The van der Waals surface area contributed by atoms with Crippen LogP contribution in [0.4, 0.5) is 14.8 Å². The summed E-state index contributed by atoms with van der Waals surface area (Å²) in [7, 11) is 0. The van der Waals surface area contributed by atoms with Crippen molar-refractivity contribution in [2.75, 3.05) is 5.73 Å². The maximum Gasteiger partial charge on any atom is 0.387 e. The first-order valence-electron chi connectivity index (χ1n) is 6.72. The second-order valence-corrected chi connectivity index (χ2v) is 4.65. The Bertz CT molecular complexity index is 892. The van der Waals surface area contributed by atoms with Crippen molar-refractivity contribution in [2.45, 2.75) is 13.2 Å². The van der Waals surface area contributed by atoms with Gasteiger partial charge in [0.25, 0.3) is 5.56 Å². The molecule has 0 saturated heterocycles. The first kappa shape index (κ1) is 15.6. The zero-order valence-corrected chi connectivity index (χ0v) is 12.1. The zero-order valence-electron chi connectivity index (χ0n) is 12.1. The number of hydrogen-bond donors (Lipinski definition) is 1. The highest BCUT2D eigenvalue weighted by Crippen LogP contribution is 2.21. The van der Waals surface area contributed by atoms with Gasteiger partial charge in [-0.25, -0.2) is 4.68 Å². The summed E-state index contributed by atoms with van der Waals surface area (Å²) in [5.41, 5.74) is 6.04. The molecule has 0 spiro atoms. The number of nitrogens with zero attached hydrogens (tertiary/aromatic N) is 4. The van der Waals surface area contributed by atoms with E-state index in [1.165, 1.54) is 24.3 Å². The van der Waals surface area contributed by atoms with Crippen LogP contribution in [0.25, 0.3) is 11.3 Å². The fraction of sp³-hybridized carbons (Fsp3) is 0.143. The highest BCUT2D eigenvalue weighted by molar-refractivity contribution is 5.59. The summed E-state index contributed by atoms with van der Waals surface area (Å²) in [5, 5.41) is 11.3. The number of aromatic nitrogens is 4. The molecule has 0 bridgehead atoms. The maximum atomic E-state index is 12.1. The van der Waals surface area contributed by atoms with Gasteiger partial charge in [0.2, 0.25) is 5.89 Å². The number of alkyl halides is 2. The van der Waals surface area contributed by atoms with Gasteiger partial charge in [0.15, 0.2) is 0 Å². The summed E-state index contributed by atoms with van der Waals surface area (Å²) >= 11 is 0. The van der Waals surface area contributed by atoms with E-state index in [9.17, 15) is 13.6 Å². The maximum absolute atomic E-state index is 12.1. The molecule has 2 N–H and O–H groups in total. The van der Waals surface area contributed by atoms with E-state index >= 15 is 0 Å². The van der Waals surface area contributed by atoms with Crippen molar-refractivity contribution in [3.8, 4) is 17.0 Å². The van der Waals surface area contributed by atoms with Gasteiger partial charge in [-0.1, -0.05) is 5.10 Å². The van der Waals surface area contributed by atoms with Gasteiger partial charge in [-0.15, -0.1) is 5.10 Å². The summed E-state index contributed by atoms with van der Waals surface area (Å²) in [6.45, 7) is -2.93. The Hall–Kier alpha value is -3.30. The van der Waals surface area contributed by atoms with Crippen LogP contribution in [0.3, 0.4) is 0 Å². The molecule has 10 heteroatoms. The Morgan fingerprint density at radius 3 is 2.54 bits per heavy atom. The van der Waals surface area contributed by atoms with E-state index in [4.69, 9.17) is 10.2 Å². The lowest BCUT2D eigenvalue weighted by Gasteiger charge is -2.07. The van der Waals surface area contributed by atoms with Crippen LogP contribution in [0.1, 0.15) is 5.89 Å². The number of hydrogen-bond acceptors (Lipinski definition) is 7. The van der Waals surface area contributed by atoms with Crippen molar-refractivity contribution in [3.63, 3.8) is 0 Å². The number of halogens is 2. The van der Waals surface area contributed by atoms with Crippen molar-refractivity contribution >= 4 is 6.01 Å². The molecule has 0 saturated carbocycles. The molecule has 0 fully saturated rings. The van der Waals surface area contributed by atoms with Crippen molar-refractivity contribution < 1.29 is 17.9 Å². The molecular weight excluding hydrogens is 324 g/mol. The van der Waals surface area contributed by atoms with Crippen LogP contribution in [0, 0.1) is 0 Å². The van der Waals surface area contributed by atoms with Gasteiger partial charge in [0.05, 0.1) is 5.69 Å². The molecule has 3 rings (SSSR count). The second kappa shape index (κ2) is 6.44. The molecule has 0 unspecified atom stereocenters. The van der Waals surface area contributed by atoms with Crippen molar-refractivity contribution in [1.82, 2.24) is 20.0 Å². The van der Waals surface area contributed by atoms with Crippen LogP contribution >= 0.6 is 0 Å². The van der Waals surface area contributed by atoms with E-state index in [0.717, 1.165) is 4.68 Å². The Labute approximate surface area is 133 Å². The van der Waals surface area contributed by atoms with E-state index < -0.39 is 6.61 Å². The van der Waals surface area contributed by atoms with Crippen LogP contribution in [-0.2, 0) is 6.54 Å². The van der Waals surface area contributed by atoms with Crippen molar-refractivity contribution in [1.29, 1.82) is 0 Å². The fourth-order valence-electron chi connectivity index (χ4n) is 1.98. The van der Waals surface area contributed by atoms with Gasteiger partial charge in [-0.2, -0.15) is 13.9 Å². The number of anilines is 1. The predicted octanol–water partition coefficient (Wildman–Crippen LogP) is 1.53. The minimum atomic E-state index is -2.89. The van der Waals surface area contributed by atoms with E-state index in [0.29, 0.717) is 11.3 Å². The van der Waals surface area contributed by atoms with Crippen LogP contribution in [0.15, 0.2) is 45.6 Å². The van der Waals surface area contributed by atoms with Crippen LogP contribution in [-0.4, -0.2) is 26.6 Å². The normalized spacial score (nSPS) is 11.0. The number of nitrogen functional groups attached to an aromatic ring is 1. The first-order valence-corrected chi connectivity index (χ1v) is 6.72. The minimum Gasteiger partial charge on any atom is -0.435 e. The smallest absolute Gasteiger partial charge is 0.387 e. The third-order valence-electron chi connectivity index (χ3n) is 3.01. The third-order valence-corrected chi connectivity index (χ3v) is 3.01. The lowest BCUT2D eigenvalue weighted by Crippen LogP contribution is -2.23. The highest BCUT2D eigenvalue weighted by atomic mass is 19.3. The summed E-state index contributed by atoms with van der Waals surface area (Å²) in [4.78, 5) is 11.9. The molecular formula is C14H11F2N5O3. The van der Waals surface area contributed by atoms with Gasteiger partial charge in [-0.05, 0) is 30.3 Å². The Morgan fingerprint density at radius 2 is 1.92 bits per heavy atom. The molecule has 0 amide bonds. The average molecular weight is 335 g/mol. The Kier molecular flexibility index (Phi) is 4.18. The fourth-order valence-corrected chi connectivity index (χ4v) is 1.98. The number of ether oxygens (including phenoxy) is 1. The molecule has 1 aromatic carbocycles. The Balaban J connectivity index is 1.86. The van der Waals surface area contributed by atoms with E-state index in [2.05, 4.69) is 20.0 Å². The van der Waals surface area contributed by atoms with E-state index in [-0.39, 0.29) is 29.8 Å². The highest BCUT2D eigenvalue weighted by Gasteiger charge is 2.09. The molecule has 3 aromatic rings. The largest absolute Gasteiger partial charge is 0.435 e. The van der Waals surface area contributed by atoms with Gasteiger partial charge in [0, 0.05) is 11.6 Å². The van der Waals surface area contributed by atoms with Gasteiger partial charge >= 0.3 is 12.6 Å². The lowest BCUT2D eigenvalue weighted by atomic mass is 10.1. The summed E-state index contributed by atoms with van der Waals surface area (Å²) in [6, 6.07) is 8.62. The van der Waals surface area contributed by atoms with Crippen molar-refractivity contribution in [3.05, 3.63) is 52.6 Å². The predicted molar refractivity (Wildman–Crippen MR) is 78.4 cm³/mol. The van der Waals surface area contributed by atoms with E-state index in [1.54, 1.807) is 12.1 Å². The molecule has 24 heavy (non-hydrogen) atoms. The average Bonchev–Trinajstić information content (AvgIpc) is 2.95. The van der Waals surface area contributed by atoms with E-state index in [1.807, 2.05) is 0 Å². The topological polar surface area (TPSA) is 109 Å². The summed E-state index contributed by atoms with van der Waals surface area (Å²) < 4.78 is 34.7. The van der Waals surface area contributed by atoms with Gasteiger partial charge < -0.3 is 14.9 Å². The molecule has 8 nitrogen and oxygen atoms in total. The minimum absolute atomic E-state index is 0.0309. The standard InChI is InChI=1S/C14H11F2N5O3/c15-13(16)23-9-3-1-8(2-4-9)10-5-6-12(22)21(20-10)7-11-18-19-14(17)24-11/h1-6,13H,7H2,(H2,17,19). The van der Waals surface area contributed by atoms with Crippen LogP contribution in [0.2, 0.25) is 0 Å². The summed E-state index contributed by atoms with van der Waals surface area (Å²) in [5.74, 6) is 0.170. The molecule has 0 atom stereocenters. The number of benzene rings is 1. The molecule has 124 valence electrons. The monoisotopic (exact) mass is 335 g/mol.